The van der Waals surface area contributed by atoms with Gasteiger partial charge in [-0.15, -0.1) is 6.58 Å². The normalized spacial score (nSPS) is 12.5. The zero-order valence-electron chi connectivity index (χ0n) is 9.73. The van der Waals surface area contributed by atoms with E-state index >= 15 is 0 Å². The van der Waals surface area contributed by atoms with Gasteiger partial charge in [0.1, 0.15) is 0 Å². The summed E-state index contributed by atoms with van der Waals surface area (Å²) in [7, 11) is 1.99. The van der Waals surface area contributed by atoms with Crippen molar-refractivity contribution >= 4 is 11.8 Å². The van der Waals surface area contributed by atoms with Crippen LogP contribution in [0.1, 0.15) is 26.7 Å². The van der Waals surface area contributed by atoms with Crippen molar-refractivity contribution < 1.29 is 0 Å². The Kier molecular flexibility index (Phi) is 8.01. The molecule has 0 amide bonds. The first kappa shape index (κ1) is 13.8. The summed E-state index contributed by atoms with van der Waals surface area (Å²) in [6.07, 6.45) is 2.29. The molecule has 0 aliphatic heterocycles. The Labute approximate surface area is 93.0 Å². The highest BCUT2D eigenvalue weighted by molar-refractivity contribution is 8.00. The van der Waals surface area contributed by atoms with Crippen molar-refractivity contribution in [1.29, 1.82) is 0 Å². The van der Waals surface area contributed by atoms with Crippen molar-refractivity contribution in [2.75, 3.05) is 19.3 Å². The van der Waals surface area contributed by atoms with Crippen molar-refractivity contribution in [3.8, 4) is 0 Å². The van der Waals surface area contributed by atoms with Gasteiger partial charge in [-0.3, -0.25) is 0 Å². The van der Waals surface area contributed by atoms with Crippen LogP contribution in [0.15, 0.2) is 24.3 Å². The number of rotatable bonds is 8. The third-order valence-electron chi connectivity index (χ3n) is 1.97. The summed E-state index contributed by atoms with van der Waals surface area (Å²) in [6, 6.07) is 0. The molecule has 0 rings (SSSR count). The van der Waals surface area contributed by atoms with Gasteiger partial charge in [-0.1, -0.05) is 17.7 Å². The molecule has 0 saturated carbocycles. The molecule has 1 atom stereocenters. The number of thioether (sulfide) groups is 1. The second-order valence-corrected chi connectivity index (χ2v) is 5.13. The molecule has 0 aliphatic carbocycles. The molecule has 2 heteroatoms. The van der Waals surface area contributed by atoms with E-state index in [1.54, 1.807) is 0 Å². The molecule has 0 aliphatic rings. The standard InChI is InChI=1S/C12H23NS/c1-10(2)9-12(11(3)4)14-8-6-7-13-5/h12-13H,1,3,6-9H2,2,4-5H3. The fourth-order valence-corrected chi connectivity index (χ4v) is 2.45. The van der Waals surface area contributed by atoms with E-state index in [1.807, 2.05) is 18.8 Å². The summed E-state index contributed by atoms with van der Waals surface area (Å²) in [5, 5.41) is 3.72. The largest absolute Gasteiger partial charge is 0.320 e. The van der Waals surface area contributed by atoms with Crippen LogP contribution in [-0.2, 0) is 0 Å². The third-order valence-corrected chi connectivity index (χ3v) is 3.47. The quantitative estimate of drug-likeness (QED) is 0.491. The van der Waals surface area contributed by atoms with Gasteiger partial charge in [0.25, 0.3) is 0 Å². The van der Waals surface area contributed by atoms with Gasteiger partial charge in [0.2, 0.25) is 0 Å². The summed E-state index contributed by atoms with van der Waals surface area (Å²) in [5.74, 6) is 1.20. The van der Waals surface area contributed by atoms with Crippen molar-refractivity contribution in [3.05, 3.63) is 24.3 Å². The van der Waals surface area contributed by atoms with E-state index in [2.05, 4.69) is 32.3 Å². The summed E-state index contributed by atoms with van der Waals surface area (Å²) < 4.78 is 0. The van der Waals surface area contributed by atoms with Crippen molar-refractivity contribution in [3.63, 3.8) is 0 Å². The van der Waals surface area contributed by atoms with E-state index in [0.717, 1.165) is 13.0 Å². The molecule has 0 spiro atoms. The van der Waals surface area contributed by atoms with Crippen molar-refractivity contribution in [2.45, 2.75) is 31.9 Å². The molecular weight excluding hydrogens is 190 g/mol. The number of nitrogens with one attached hydrogen (secondary N) is 1. The zero-order chi connectivity index (χ0) is 11.0. The second-order valence-electron chi connectivity index (χ2n) is 3.82. The molecule has 0 aromatic rings. The molecule has 1 unspecified atom stereocenters. The zero-order valence-corrected chi connectivity index (χ0v) is 10.5. The van der Waals surface area contributed by atoms with Gasteiger partial charge in [0.15, 0.2) is 0 Å². The lowest BCUT2D eigenvalue weighted by atomic mass is 10.1. The van der Waals surface area contributed by atoms with E-state index in [4.69, 9.17) is 0 Å². The summed E-state index contributed by atoms with van der Waals surface area (Å²) in [4.78, 5) is 0. The lowest BCUT2D eigenvalue weighted by molar-refractivity contribution is 0.776. The van der Waals surface area contributed by atoms with Gasteiger partial charge in [-0.25, -0.2) is 0 Å². The van der Waals surface area contributed by atoms with Crippen LogP contribution >= 0.6 is 11.8 Å². The lowest BCUT2D eigenvalue weighted by Crippen LogP contribution is -2.10. The fourth-order valence-electron chi connectivity index (χ4n) is 1.17. The third kappa shape index (κ3) is 7.22. The van der Waals surface area contributed by atoms with Crippen LogP contribution < -0.4 is 5.32 Å². The first-order valence-electron chi connectivity index (χ1n) is 5.14. The molecule has 82 valence electrons. The van der Waals surface area contributed by atoms with Crippen LogP contribution in [0, 0.1) is 0 Å². The van der Waals surface area contributed by atoms with Crippen molar-refractivity contribution in [1.82, 2.24) is 5.32 Å². The van der Waals surface area contributed by atoms with Gasteiger partial charge in [0, 0.05) is 5.25 Å². The predicted molar refractivity (Wildman–Crippen MR) is 69.0 cm³/mol. The molecule has 1 N–H and O–H groups in total. The number of allylic oxidation sites excluding steroid dienone is 1. The molecule has 0 radical (unpaired) electrons. The van der Waals surface area contributed by atoms with Gasteiger partial charge in [-0.05, 0) is 46.0 Å². The topological polar surface area (TPSA) is 12.0 Å². The Morgan fingerprint density at radius 3 is 2.43 bits per heavy atom. The Morgan fingerprint density at radius 2 is 2.00 bits per heavy atom. The summed E-state index contributed by atoms with van der Waals surface area (Å²) >= 11 is 2.00. The molecule has 14 heavy (non-hydrogen) atoms. The maximum absolute atomic E-state index is 4.03. The molecule has 0 bridgehead atoms. The van der Waals surface area contributed by atoms with Crippen LogP contribution in [0.4, 0.5) is 0 Å². The molecule has 1 nitrogen and oxygen atoms in total. The summed E-state index contributed by atoms with van der Waals surface area (Å²) in [6.45, 7) is 13.3. The minimum atomic E-state index is 0.560. The highest BCUT2D eigenvalue weighted by Gasteiger charge is 2.09. The van der Waals surface area contributed by atoms with E-state index in [1.165, 1.54) is 23.3 Å². The van der Waals surface area contributed by atoms with Crippen molar-refractivity contribution in [2.24, 2.45) is 0 Å². The molecule has 0 aromatic carbocycles. The molecular formula is C12H23NS. The minimum absolute atomic E-state index is 0.560. The fraction of sp³-hybridized carbons (Fsp3) is 0.667. The van der Waals surface area contributed by atoms with E-state index < -0.39 is 0 Å². The molecule has 0 fully saturated rings. The first-order chi connectivity index (χ1) is 6.57. The first-order valence-corrected chi connectivity index (χ1v) is 6.18. The van der Waals surface area contributed by atoms with E-state index in [-0.39, 0.29) is 0 Å². The van der Waals surface area contributed by atoms with Crippen LogP contribution in [0.2, 0.25) is 0 Å². The van der Waals surface area contributed by atoms with Gasteiger partial charge >= 0.3 is 0 Å². The minimum Gasteiger partial charge on any atom is -0.320 e. The van der Waals surface area contributed by atoms with Crippen LogP contribution in [-0.4, -0.2) is 24.6 Å². The van der Waals surface area contributed by atoms with Gasteiger partial charge in [-0.2, -0.15) is 11.8 Å². The molecule has 0 aromatic heterocycles. The van der Waals surface area contributed by atoms with Crippen LogP contribution in [0.5, 0.6) is 0 Å². The Bertz CT molecular complexity index is 187. The Morgan fingerprint density at radius 1 is 1.36 bits per heavy atom. The maximum atomic E-state index is 4.03. The smallest absolute Gasteiger partial charge is 0.0288 e. The highest BCUT2D eigenvalue weighted by atomic mass is 32.2. The Balaban J connectivity index is 3.74. The predicted octanol–water partition coefficient (Wildman–Crippen LogP) is 3.24. The lowest BCUT2D eigenvalue weighted by Gasteiger charge is -2.16. The van der Waals surface area contributed by atoms with Crippen LogP contribution in [0.3, 0.4) is 0 Å². The van der Waals surface area contributed by atoms with Gasteiger partial charge < -0.3 is 5.32 Å². The van der Waals surface area contributed by atoms with Crippen LogP contribution in [0.25, 0.3) is 0 Å². The summed E-state index contributed by atoms with van der Waals surface area (Å²) in [5.41, 5.74) is 2.52. The average molecular weight is 213 g/mol. The second kappa shape index (κ2) is 8.13. The average Bonchev–Trinajstić information content (AvgIpc) is 2.09. The van der Waals surface area contributed by atoms with E-state index in [0.29, 0.717) is 5.25 Å². The van der Waals surface area contributed by atoms with Gasteiger partial charge in [0.05, 0.1) is 0 Å². The molecule has 0 saturated heterocycles. The SMILES string of the molecule is C=C(C)CC(SCCCNC)C(=C)C. The highest BCUT2D eigenvalue weighted by Crippen LogP contribution is 2.24. The molecule has 0 heterocycles. The monoisotopic (exact) mass is 213 g/mol. The maximum Gasteiger partial charge on any atom is 0.0288 e. The Hall–Kier alpha value is -0.210. The number of hydrogen-bond acceptors (Lipinski definition) is 2. The van der Waals surface area contributed by atoms with E-state index in [9.17, 15) is 0 Å². The number of hydrogen-bond donors (Lipinski definition) is 1.